The van der Waals surface area contributed by atoms with Crippen LogP contribution in [0.15, 0.2) is 66.7 Å². The largest absolute Gasteiger partial charge is 0.489 e. The minimum atomic E-state index is -1.17. The molecule has 120 valence electrons. The van der Waals surface area contributed by atoms with E-state index >= 15 is 0 Å². The normalized spacial score (nSPS) is 13.2. The molecule has 3 aromatic carbocycles. The molecule has 3 rings (SSSR count). The van der Waals surface area contributed by atoms with Gasteiger partial charge >= 0.3 is 0 Å². The third kappa shape index (κ3) is 3.56. The van der Waals surface area contributed by atoms with Gasteiger partial charge in [-0.2, -0.15) is 5.26 Å². The highest BCUT2D eigenvalue weighted by atomic mass is 16.5. The minimum Gasteiger partial charge on any atom is -0.489 e. The first kappa shape index (κ1) is 16.0. The lowest BCUT2D eigenvalue weighted by molar-refractivity contribution is 0.0621. The van der Waals surface area contributed by atoms with E-state index in [1.54, 1.807) is 19.1 Å². The number of ether oxygens (including phenoxy) is 1. The van der Waals surface area contributed by atoms with Crippen molar-refractivity contribution in [3.8, 4) is 11.8 Å². The van der Waals surface area contributed by atoms with Crippen LogP contribution in [-0.4, -0.2) is 5.11 Å². The predicted molar refractivity (Wildman–Crippen MR) is 94.5 cm³/mol. The molecule has 0 bridgehead atoms. The van der Waals surface area contributed by atoms with Crippen molar-refractivity contribution in [2.45, 2.75) is 25.6 Å². The molecule has 0 saturated heterocycles. The first-order chi connectivity index (χ1) is 11.6. The average Bonchev–Trinajstić information content (AvgIpc) is 2.60. The molecule has 0 spiro atoms. The summed E-state index contributed by atoms with van der Waals surface area (Å²) in [5.41, 5.74) is 0.597. The van der Waals surface area contributed by atoms with Crippen molar-refractivity contribution in [3.05, 3.63) is 77.9 Å². The van der Waals surface area contributed by atoms with Crippen LogP contribution >= 0.6 is 0 Å². The second-order valence-electron chi connectivity index (χ2n) is 6.11. The molecular weight excluding hydrogens is 298 g/mol. The van der Waals surface area contributed by atoms with Crippen LogP contribution in [0.4, 0.5) is 0 Å². The summed E-state index contributed by atoms with van der Waals surface area (Å²) in [6.45, 7) is 2.09. The summed E-state index contributed by atoms with van der Waals surface area (Å²) in [4.78, 5) is 0. The Labute approximate surface area is 141 Å². The van der Waals surface area contributed by atoms with Gasteiger partial charge in [0.15, 0.2) is 0 Å². The standard InChI is InChI=1S/C21H19NO2/c1-21(23,11-12-22)19-7-4-8-20(14-19)24-15-16-9-10-17-5-2-3-6-18(17)13-16/h2-10,13-14,23H,11,15H2,1H3. The molecule has 1 unspecified atom stereocenters. The minimum absolute atomic E-state index is 0.0428. The molecule has 0 aliphatic carbocycles. The quantitative estimate of drug-likeness (QED) is 0.751. The Morgan fingerprint density at radius 2 is 1.79 bits per heavy atom. The summed E-state index contributed by atoms with van der Waals surface area (Å²) in [5, 5.41) is 21.6. The van der Waals surface area contributed by atoms with Crippen LogP contribution < -0.4 is 4.74 Å². The van der Waals surface area contributed by atoms with E-state index in [0.717, 1.165) is 5.56 Å². The molecule has 3 nitrogen and oxygen atoms in total. The van der Waals surface area contributed by atoms with Crippen LogP contribution in [0, 0.1) is 11.3 Å². The number of nitriles is 1. The summed E-state index contributed by atoms with van der Waals surface area (Å²) < 4.78 is 5.86. The van der Waals surface area contributed by atoms with Gasteiger partial charge in [0.05, 0.1) is 18.1 Å². The molecule has 0 saturated carbocycles. The van der Waals surface area contributed by atoms with E-state index in [1.165, 1.54) is 10.8 Å². The molecule has 3 heteroatoms. The lowest BCUT2D eigenvalue weighted by atomic mass is 9.93. The molecule has 0 aliphatic rings. The number of hydrogen-bond acceptors (Lipinski definition) is 3. The summed E-state index contributed by atoms with van der Waals surface area (Å²) >= 11 is 0. The Morgan fingerprint density at radius 1 is 1.00 bits per heavy atom. The van der Waals surface area contributed by atoms with E-state index in [0.29, 0.717) is 17.9 Å². The Kier molecular flexibility index (Phi) is 4.50. The van der Waals surface area contributed by atoms with E-state index in [9.17, 15) is 5.11 Å². The molecule has 0 aromatic heterocycles. The second kappa shape index (κ2) is 6.74. The third-order valence-electron chi connectivity index (χ3n) is 4.10. The number of nitrogens with zero attached hydrogens (tertiary/aromatic N) is 1. The molecule has 0 radical (unpaired) electrons. The summed E-state index contributed by atoms with van der Waals surface area (Å²) in [7, 11) is 0. The Bertz CT molecular complexity index is 893. The maximum atomic E-state index is 10.3. The van der Waals surface area contributed by atoms with Gasteiger partial charge in [-0.3, -0.25) is 0 Å². The fraction of sp³-hybridized carbons (Fsp3) is 0.190. The summed E-state index contributed by atoms with van der Waals surface area (Å²) in [6.07, 6.45) is 0.0428. The number of rotatable bonds is 5. The highest BCUT2D eigenvalue weighted by molar-refractivity contribution is 5.82. The molecule has 0 heterocycles. The van der Waals surface area contributed by atoms with Crippen molar-refractivity contribution >= 4 is 10.8 Å². The van der Waals surface area contributed by atoms with Gasteiger partial charge in [-0.15, -0.1) is 0 Å². The highest BCUT2D eigenvalue weighted by Crippen LogP contribution is 2.27. The van der Waals surface area contributed by atoms with Gasteiger partial charge in [0.2, 0.25) is 0 Å². The Balaban J connectivity index is 1.75. The maximum Gasteiger partial charge on any atom is 0.120 e. The first-order valence-corrected chi connectivity index (χ1v) is 7.89. The zero-order valence-corrected chi connectivity index (χ0v) is 13.6. The van der Waals surface area contributed by atoms with E-state index in [2.05, 4.69) is 30.3 Å². The van der Waals surface area contributed by atoms with E-state index < -0.39 is 5.60 Å². The van der Waals surface area contributed by atoms with E-state index in [4.69, 9.17) is 10.00 Å². The van der Waals surface area contributed by atoms with Crippen molar-refractivity contribution in [1.82, 2.24) is 0 Å². The van der Waals surface area contributed by atoms with Crippen LogP contribution in [0.5, 0.6) is 5.75 Å². The van der Waals surface area contributed by atoms with Crippen molar-refractivity contribution < 1.29 is 9.84 Å². The average molecular weight is 317 g/mol. The van der Waals surface area contributed by atoms with Crippen molar-refractivity contribution in [3.63, 3.8) is 0 Å². The van der Waals surface area contributed by atoms with Gasteiger partial charge in [0.25, 0.3) is 0 Å². The smallest absolute Gasteiger partial charge is 0.120 e. The van der Waals surface area contributed by atoms with Crippen molar-refractivity contribution in [2.75, 3.05) is 0 Å². The summed E-state index contributed by atoms with van der Waals surface area (Å²) in [6, 6.07) is 23.8. The molecule has 0 amide bonds. The van der Waals surface area contributed by atoms with Gasteiger partial charge in [-0.1, -0.05) is 48.5 Å². The van der Waals surface area contributed by atoms with Crippen molar-refractivity contribution in [1.29, 1.82) is 5.26 Å². The first-order valence-electron chi connectivity index (χ1n) is 7.89. The fourth-order valence-corrected chi connectivity index (χ4v) is 2.67. The van der Waals surface area contributed by atoms with Gasteiger partial charge in [-0.05, 0) is 47.0 Å². The van der Waals surface area contributed by atoms with E-state index in [1.807, 2.05) is 30.3 Å². The van der Waals surface area contributed by atoms with Crippen LogP contribution in [0.1, 0.15) is 24.5 Å². The second-order valence-corrected chi connectivity index (χ2v) is 6.11. The number of aliphatic hydroxyl groups is 1. The Hall–Kier alpha value is -2.83. The number of fused-ring (bicyclic) bond motifs is 1. The van der Waals surface area contributed by atoms with Crippen LogP contribution in [0.25, 0.3) is 10.8 Å². The van der Waals surface area contributed by atoms with Crippen LogP contribution in [-0.2, 0) is 12.2 Å². The highest BCUT2D eigenvalue weighted by Gasteiger charge is 2.23. The molecule has 0 fully saturated rings. The van der Waals surface area contributed by atoms with Gasteiger partial charge in [-0.25, -0.2) is 0 Å². The van der Waals surface area contributed by atoms with E-state index in [-0.39, 0.29) is 6.42 Å². The monoisotopic (exact) mass is 317 g/mol. The molecular formula is C21H19NO2. The topological polar surface area (TPSA) is 53.2 Å². The summed E-state index contributed by atoms with van der Waals surface area (Å²) in [5.74, 6) is 0.680. The zero-order chi connectivity index (χ0) is 17.0. The fourth-order valence-electron chi connectivity index (χ4n) is 2.67. The maximum absolute atomic E-state index is 10.3. The zero-order valence-electron chi connectivity index (χ0n) is 13.6. The van der Waals surface area contributed by atoms with Gasteiger partial charge in [0.1, 0.15) is 12.4 Å². The predicted octanol–water partition coefficient (Wildman–Crippen LogP) is 4.54. The third-order valence-corrected chi connectivity index (χ3v) is 4.10. The SMILES string of the molecule is CC(O)(CC#N)c1cccc(OCc2ccc3ccccc3c2)c1. The molecule has 24 heavy (non-hydrogen) atoms. The molecule has 0 aliphatic heterocycles. The molecule has 3 aromatic rings. The van der Waals surface area contributed by atoms with Gasteiger partial charge < -0.3 is 9.84 Å². The van der Waals surface area contributed by atoms with Crippen molar-refractivity contribution in [2.24, 2.45) is 0 Å². The lowest BCUT2D eigenvalue weighted by Crippen LogP contribution is -2.20. The van der Waals surface area contributed by atoms with Gasteiger partial charge in [0, 0.05) is 0 Å². The molecule has 1 atom stereocenters. The van der Waals surface area contributed by atoms with Crippen LogP contribution in [0.3, 0.4) is 0 Å². The van der Waals surface area contributed by atoms with Crippen LogP contribution in [0.2, 0.25) is 0 Å². The number of hydrogen-bond donors (Lipinski definition) is 1. The lowest BCUT2D eigenvalue weighted by Gasteiger charge is -2.21. The molecule has 1 N–H and O–H groups in total. The number of benzene rings is 3. The Morgan fingerprint density at radius 3 is 2.58 bits per heavy atom.